The Hall–Kier alpha value is -2.54. The zero-order valence-electron chi connectivity index (χ0n) is 13.4. The molecule has 0 N–H and O–H groups in total. The summed E-state index contributed by atoms with van der Waals surface area (Å²) in [5, 5.41) is 0. The fourth-order valence-corrected chi connectivity index (χ4v) is 3.42. The van der Waals surface area contributed by atoms with Crippen LogP contribution in [-0.2, 0) is 19.3 Å². The van der Waals surface area contributed by atoms with Crippen molar-refractivity contribution in [1.29, 1.82) is 0 Å². The minimum absolute atomic E-state index is 0.960. The molecule has 23 heavy (non-hydrogen) atoms. The number of para-hydroxylation sites is 1. The monoisotopic (exact) mass is 300 g/mol. The highest BCUT2D eigenvalue weighted by molar-refractivity contribution is 5.55. The molecule has 114 valence electrons. The molecule has 0 saturated heterocycles. The summed E-state index contributed by atoms with van der Waals surface area (Å²) < 4.78 is 6.16. The molecule has 1 heteroatoms. The molecule has 0 amide bonds. The molecule has 0 unspecified atom stereocenters. The van der Waals surface area contributed by atoms with E-state index in [1.165, 1.54) is 27.8 Å². The van der Waals surface area contributed by atoms with Crippen LogP contribution < -0.4 is 4.74 Å². The molecule has 0 atom stereocenters. The van der Waals surface area contributed by atoms with Gasteiger partial charge in [-0.1, -0.05) is 61.5 Å². The van der Waals surface area contributed by atoms with Gasteiger partial charge in [0.2, 0.25) is 0 Å². The largest absolute Gasteiger partial charge is 0.457 e. The van der Waals surface area contributed by atoms with Crippen LogP contribution in [0.15, 0.2) is 66.7 Å². The lowest BCUT2D eigenvalue weighted by Gasteiger charge is -2.24. The lowest BCUT2D eigenvalue weighted by molar-refractivity contribution is 0.458. The molecule has 1 aliphatic rings. The molecule has 1 nitrogen and oxygen atoms in total. The van der Waals surface area contributed by atoms with Crippen LogP contribution in [0.1, 0.15) is 34.7 Å². The van der Waals surface area contributed by atoms with E-state index in [4.69, 9.17) is 4.74 Å². The molecule has 1 aliphatic heterocycles. The second-order valence-corrected chi connectivity index (χ2v) is 6.08. The van der Waals surface area contributed by atoms with Gasteiger partial charge >= 0.3 is 0 Å². The van der Waals surface area contributed by atoms with Gasteiger partial charge in [0, 0.05) is 12.0 Å². The van der Waals surface area contributed by atoms with Crippen molar-refractivity contribution in [2.75, 3.05) is 0 Å². The van der Waals surface area contributed by atoms with E-state index < -0.39 is 0 Å². The molecule has 0 aliphatic carbocycles. The summed E-state index contributed by atoms with van der Waals surface area (Å²) in [7, 11) is 0. The summed E-state index contributed by atoms with van der Waals surface area (Å²) in [6.07, 6.45) is 2.98. The van der Waals surface area contributed by atoms with Gasteiger partial charge in [0.05, 0.1) is 0 Å². The third-order valence-corrected chi connectivity index (χ3v) is 4.65. The third kappa shape index (κ3) is 2.63. The first kappa shape index (κ1) is 14.1. The van der Waals surface area contributed by atoms with Crippen molar-refractivity contribution >= 4 is 0 Å². The Morgan fingerprint density at radius 2 is 1.61 bits per heavy atom. The van der Waals surface area contributed by atoms with Crippen LogP contribution in [0.4, 0.5) is 0 Å². The molecule has 0 saturated carbocycles. The van der Waals surface area contributed by atoms with Gasteiger partial charge in [0.15, 0.2) is 0 Å². The molecule has 3 aromatic rings. The average Bonchev–Trinajstić information content (AvgIpc) is 2.61. The van der Waals surface area contributed by atoms with Crippen LogP contribution in [0.25, 0.3) is 0 Å². The van der Waals surface area contributed by atoms with Crippen LogP contribution >= 0.6 is 0 Å². The standard InChI is InChI=1S/C22H20O/c1-2-17-12-13-22-20(15-18-10-6-7-11-21(18)23-22)19(17)14-16-8-4-3-5-9-16/h3-13H,2,14-15H2,1H3. The molecule has 0 bridgehead atoms. The van der Waals surface area contributed by atoms with E-state index in [-0.39, 0.29) is 0 Å². The maximum absolute atomic E-state index is 6.16. The summed E-state index contributed by atoms with van der Waals surface area (Å²) in [6, 6.07) is 23.4. The average molecular weight is 300 g/mol. The lowest BCUT2D eigenvalue weighted by atomic mass is 9.88. The predicted molar refractivity (Wildman–Crippen MR) is 94.4 cm³/mol. The molecule has 0 spiro atoms. The Labute approximate surface area is 137 Å². The molecule has 1 heterocycles. The van der Waals surface area contributed by atoms with E-state index in [2.05, 4.69) is 67.6 Å². The topological polar surface area (TPSA) is 9.23 Å². The zero-order valence-corrected chi connectivity index (χ0v) is 13.4. The van der Waals surface area contributed by atoms with Gasteiger partial charge in [0.25, 0.3) is 0 Å². The molecular formula is C22H20O. The smallest absolute Gasteiger partial charge is 0.131 e. The molecule has 4 rings (SSSR count). The fourth-order valence-electron chi connectivity index (χ4n) is 3.42. The van der Waals surface area contributed by atoms with Gasteiger partial charge in [-0.05, 0) is 47.2 Å². The molecule has 3 aromatic carbocycles. The van der Waals surface area contributed by atoms with Crippen molar-refractivity contribution in [3.63, 3.8) is 0 Å². The first-order valence-corrected chi connectivity index (χ1v) is 8.28. The van der Waals surface area contributed by atoms with Gasteiger partial charge in [-0.15, -0.1) is 0 Å². The van der Waals surface area contributed by atoms with Crippen molar-refractivity contribution in [3.05, 3.63) is 94.5 Å². The molecule has 0 fully saturated rings. The maximum atomic E-state index is 6.16. The zero-order chi connectivity index (χ0) is 15.6. The van der Waals surface area contributed by atoms with Crippen molar-refractivity contribution < 1.29 is 4.74 Å². The second-order valence-electron chi connectivity index (χ2n) is 6.08. The number of fused-ring (bicyclic) bond motifs is 2. The summed E-state index contributed by atoms with van der Waals surface area (Å²) in [5.41, 5.74) is 6.85. The van der Waals surface area contributed by atoms with E-state index in [1.807, 2.05) is 6.07 Å². The molecule has 0 radical (unpaired) electrons. The van der Waals surface area contributed by atoms with Gasteiger partial charge in [-0.2, -0.15) is 0 Å². The predicted octanol–water partition coefficient (Wildman–Crippen LogP) is 5.54. The summed E-state index contributed by atoms with van der Waals surface area (Å²) in [4.78, 5) is 0. The van der Waals surface area contributed by atoms with E-state index in [9.17, 15) is 0 Å². The van der Waals surface area contributed by atoms with Crippen molar-refractivity contribution in [2.45, 2.75) is 26.2 Å². The number of rotatable bonds is 3. The number of aryl methyl sites for hydroxylation is 1. The van der Waals surface area contributed by atoms with E-state index in [0.717, 1.165) is 30.8 Å². The van der Waals surface area contributed by atoms with Gasteiger partial charge in [-0.25, -0.2) is 0 Å². The highest BCUT2D eigenvalue weighted by atomic mass is 16.5. The van der Waals surface area contributed by atoms with E-state index in [0.29, 0.717) is 0 Å². The highest BCUT2D eigenvalue weighted by Crippen LogP contribution is 2.39. The Balaban J connectivity index is 1.80. The quantitative estimate of drug-likeness (QED) is 0.483. The summed E-state index contributed by atoms with van der Waals surface area (Å²) in [6.45, 7) is 2.23. The number of ether oxygens (including phenoxy) is 1. The normalized spacial score (nSPS) is 12.2. The number of hydrogen-bond acceptors (Lipinski definition) is 1. The van der Waals surface area contributed by atoms with Gasteiger partial charge < -0.3 is 4.74 Å². The van der Waals surface area contributed by atoms with Gasteiger partial charge in [0.1, 0.15) is 11.5 Å². The SMILES string of the molecule is CCc1ccc2c(c1Cc1ccccc1)Cc1ccccc1O2. The van der Waals surface area contributed by atoms with Crippen LogP contribution in [0.5, 0.6) is 11.5 Å². The van der Waals surface area contributed by atoms with E-state index >= 15 is 0 Å². The molecule has 0 aromatic heterocycles. The van der Waals surface area contributed by atoms with Gasteiger partial charge in [-0.3, -0.25) is 0 Å². The fraction of sp³-hybridized carbons (Fsp3) is 0.182. The minimum atomic E-state index is 0.960. The third-order valence-electron chi connectivity index (χ3n) is 4.65. The second kappa shape index (κ2) is 5.92. The highest BCUT2D eigenvalue weighted by Gasteiger charge is 2.21. The summed E-state index contributed by atoms with van der Waals surface area (Å²) in [5.74, 6) is 2.02. The minimum Gasteiger partial charge on any atom is -0.457 e. The van der Waals surface area contributed by atoms with Crippen molar-refractivity contribution in [2.24, 2.45) is 0 Å². The Bertz CT molecular complexity index is 834. The van der Waals surface area contributed by atoms with Crippen molar-refractivity contribution in [3.8, 4) is 11.5 Å². The van der Waals surface area contributed by atoms with Crippen LogP contribution in [0, 0.1) is 0 Å². The van der Waals surface area contributed by atoms with Crippen molar-refractivity contribution in [1.82, 2.24) is 0 Å². The van der Waals surface area contributed by atoms with Crippen LogP contribution in [-0.4, -0.2) is 0 Å². The Kier molecular flexibility index (Phi) is 3.63. The summed E-state index contributed by atoms with van der Waals surface area (Å²) >= 11 is 0. The lowest BCUT2D eigenvalue weighted by Crippen LogP contribution is -2.09. The number of benzene rings is 3. The first-order valence-electron chi connectivity index (χ1n) is 8.28. The number of hydrogen-bond donors (Lipinski definition) is 0. The van der Waals surface area contributed by atoms with E-state index in [1.54, 1.807) is 0 Å². The Morgan fingerprint density at radius 3 is 2.43 bits per heavy atom. The maximum Gasteiger partial charge on any atom is 0.131 e. The first-order chi connectivity index (χ1) is 11.3. The Morgan fingerprint density at radius 1 is 0.826 bits per heavy atom. The molecular weight excluding hydrogens is 280 g/mol. The van der Waals surface area contributed by atoms with Crippen LogP contribution in [0.2, 0.25) is 0 Å². The van der Waals surface area contributed by atoms with Crippen LogP contribution in [0.3, 0.4) is 0 Å².